The number of carboxylic acid groups (broad SMARTS) is 2. The standard InChI is InChI=1S/C15H23ClN4O3.CH2O2/c1-10-13(15(16)18(2)17-10)6-20-4-11-3-19(7-14(21)22)5-12(20)9-23-8-11;2-1-3/h11-12H,3-9H2,1-2H3,(H,21,22);1H,(H,2,3)/t11-,12-;/m0./s1. The molecule has 26 heavy (non-hydrogen) atoms. The average molecular weight is 389 g/mol. The number of fused-ring (bicyclic) bond motifs is 3. The first-order valence-corrected chi connectivity index (χ1v) is 8.75. The van der Waals surface area contributed by atoms with E-state index in [0.717, 1.165) is 30.9 Å². The highest BCUT2D eigenvalue weighted by Gasteiger charge is 2.34. The van der Waals surface area contributed by atoms with Crippen molar-refractivity contribution in [3.8, 4) is 0 Å². The summed E-state index contributed by atoms with van der Waals surface area (Å²) in [6, 6.07) is 0.178. The van der Waals surface area contributed by atoms with Gasteiger partial charge in [-0.3, -0.25) is 24.1 Å². The van der Waals surface area contributed by atoms with Crippen LogP contribution in [-0.2, 0) is 27.9 Å². The van der Waals surface area contributed by atoms with Gasteiger partial charge in [-0.05, 0) is 6.92 Å². The van der Waals surface area contributed by atoms with Gasteiger partial charge < -0.3 is 14.9 Å². The van der Waals surface area contributed by atoms with Gasteiger partial charge in [0, 0.05) is 50.7 Å². The first-order valence-electron chi connectivity index (χ1n) is 8.37. The summed E-state index contributed by atoms with van der Waals surface area (Å²) in [6.07, 6.45) is 0. The number of rotatable bonds is 4. The molecule has 0 aromatic carbocycles. The molecule has 0 spiro atoms. The number of ether oxygens (including phenoxy) is 1. The fourth-order valence-corrected chi connectivity index (χ4v) is 3.83. The summed E-state index contributed by atoms with van der Waals surface area (Å²) in [4.78, 5) is 23.8. The molecule has 0 aliphatic carbocycles. The van der Waals surface area contributed by atoms with Crippen molar-refractivity contribution in [3.05, 3.63) is 16.4 Å². The highest BCUT2D eigenvalue weighted by molar-refractivity contribution is 6.30. The number of aromatic nitrogens is 2. The molecule has 9 nitrogen and oxygen atoms in total. The maximum Gasteiger partial charge on any atom is 0.317 e. The van der Waals surface area contributed by atoms with Crippen molar-refractivity contribution in [3.63, 3.8) is 0 Å². The molecule has 1 aromatic rings. The molecule has 2 aliphatic rings. The van der Waals surface area contributed by atoms with Crippen molar-refractivity contribution in [2.45, 2.75) is 19.5 Å². The quantitative estimate of drug-likeness (QED) is 0.709. The van der Waals surface area contributed by atoms with Crippen LogP contribution in [0.4, 0.5) is 0 Å². The molecule has 1 aromatic heterocycles. The minimum atomic E-state index is -0.774. The number of aryl methyl sites for hydroxylation is 2. The molecule has 2 N–H and O–H groups in total. The molecule has 0 saturated carbocycles. The number of nitrogens with zero attached hydrogens (tertiary/aromatic N) is 4. The van der Waals surface area contributed by atoms with Crippen molar-refractivity contribution >= 4 is 24.0 Å². The highest BCUT2D eigenvalue weighted by atomic mass is 35.5. The fraction of sp³-hybridized carbons (Fsp3) is 0.688. The molecule has 0 unspecified atom stereocenters. The van der Waals surface area contributed by atoms with Gasteiger partial charge in [0.25, 0.3) is 6.47 Å². The van der Waals surface area contributed by atoms with Crippen LogP contribution in [0.1, 0.15) is 11.3 Å². The van der Waals surface area contributed by atoms with E-state index < -0.39 is 5.97 Å². The first-order chi connectivity index (χ1) is 12.3. The largest absolute Gasteiger partial charge is 0.483 e. The lowest BCUT2D eigenvalue weighted by Gasteiger charge is -2.30. The molecule has 3 rings (SSSR count). The molecule has 0 radical (unpaired) electrons. The van der Waals surface area contributed by atoms with E-state index >= 15 is 0 Å². The Kier molecular flexibility index (Phi) is 7.39. The molecule has 2 aliphatic heterocycles. The van der Waals surface area contributed by atoms with Gasteiger partial charge in [-0.15, -0.1) is 0 Å². The molecule has 3 heterocycles. The van der Waals surface area contributed by atoms with Crippen LogP contribution in [0.25, 0.3) is 0 Å². The Morgan fingerprint density at radius 1 is 1.38 bits per heavy atom. The van der Waals surface area contributed by atoms with Gasteiger partial charge in [-0.25, -0.2) is 0 Å². The zero-order valence-electron chi connectivity index (χ0n) is 15.0. The number of aliphatic carboxylic acids is 1. The molecular weight excluding hydrogens is 364 g/mol. The topological polar surface area (TPSA) is 108 Å². The zero-order valence-corrected chi connectivity index (χ0v) is 15.7. The van der Waals surface area contributed by atoms with Gasteiger partial charge >= 0.3 is 5.97 Å². The van der Waals surface area contributed by atoms with Gasteiger partial charge in [-0.1, -0.05) is 11.6 Å². The van der Waals surface area contributed by atoms with Crippen LogP contribution < -0.4 is 0 Å². The third-order valence-electron chi connectivity index (χ3n) is 4.65. The Bertz CT molecular complexity index is 638. The molecule has 0 amide bonds. The smallest absolute Gasteiger partial charge is 0.317 e. The van der Waals surface area contributed by atoms with Crippen LogP contribution >= 0.6 is 11.6 Å². The van der Waals surface area contributed by atoms with Crippen LogP contribution in [0.2, 0.25) is 5.15 Å². The monoisotopic (exact) mass is 388 g/mol. The predicted octanol–water partition coefficient (Wildman–Crippen LogP) is 0.300. The summed E-state index contributed by atoms with van der Waals surface area (Å²) < 4.78 is 7.48. The second kappa shape index (κ2) is 9.31. The van der Waals surface area contributed by atoms with E-state index in [4.69, 9.17) is 31.3 Å². The molecule has 10 heteroatoms. The van der Waals surface area contributed by atoms with E-state index in [1.807, 2.05) is 18.9 Å². The molecule has 2 saturated heterocycles. The van der Waals surface area contributed by atoms with Gasteiger partial charge in [0.15, 0.2) is 0 Å². The van der Waals surface area contributed by atoms with Crippen LogP contribution in [0.15, 0.2) is 0 Å². The Balaban J connectivity index is 0.000000758. The number of hydrogen-bond acceptors (Lipinski definition) is 6. The van der Waals surface area contributed by atoms with Gasteiger partial charge in [0.05, 0.1) is 25.5 Å². The van der Waals surface area contributed by atoms with Gasteiger partial charge in [-0.2, -0.15) is 5.10 Å². The molecule has 2 atom stereocenters. The lowest BCUT2D eigenvalue weighted by molar-refractivity contribution is -0.138. The number of hydrogen-bond donors (Lipinski definition) is 2. The van der Waals surface area contributed by atoms with Crippen molar-refractivity contribution in [1.29, 1.82) is 0 Å². The highest BCUT2D eigenvalue weighted by Crippen LogP contribution is 2.26. The van der Waals surface area contributed by atoms with Crippen molar-refractivity contribution in [2.75, 3.05) is 39.4 Å². The molecular formula is C16H25ClN4O5. The summed E-state index contributed by atoms with van der Waals surface area (Å²) in [5, 5.41) is 21.0. The van der Waals surface area contributed by atoms with E-state index in [1.165, 1.54) is 0 Å². The van der Waals surface area contributed by atoms with E-state index in [9.17, 15) is 4.79 Å². The Labute approximate surface area is 157 Å². The van der Waals surface area contributed by atoms with Gasteiger partial charge in [0.2, 0.25) is 0 Å². The predicted molar refractivity (Wildman–Crippen MR) is 94.2 cm³/mol. The normalized spacial score (nSPS) is 23.7. The summed E-state index contributed by atoms with van der Waals surface area (Å²) in [7, 11) is 1.84. The maximum absolute atomic E-state index is 11.0. The van der Waals surface area contributed by atoms with Crippen LogP contribution in [0, 0.1) is 12.8 Å². The number of carbonyl (C=O) groups is 2. The maximum atomic E-state index is 11.0. The van der Waals surface area contributed by atoms with E-state index in [2.05, 4.69) is 10.00 Å². The number of carboxylic acids is 1. The van der Waals surface area contributed by atoms with Crippen molar-refractivity contribution < 1.29 is 24.5 Å². The fourth-order valence-electron chi connectivity index (χ4n) is 3.60. The minimum absolute atomic E-state index is 0.0908. The SMILES string of the molecule is Cc1nn(C)c(Cl)c1CN1C[C@H]2COC[C@@H]1CN(CC(=O)O)C2.O=CO. The molecule has 2 fully saturated rings. The second-order valence-electron chi connectivity index (χ2n) is 6.66. The van der Waals surface area contributed by atoms with E-state index in [1.54, 1.807) is 4.68 Å². The first kappa shape index (κ1) is 20.6. The Hall–Kier alpha value is -1.68. The molecule has 146 valence electrons. The number of halogens is 1. The minimum Gasteiger partial charge on any atom is -0.483 e. The molecule has 2 bridgehead atoms. The third kappa shape index (κ3) is 5.16. The lowest BCUT2D eigenvalue weighted by Crippen LogP contribution is -2.44. The van der Waals surface area contributed by atoms with Crippen LogP contribution in [0.3, 0.4) is 0 Å². The summed E-state index contributed by atoms with van der Waals surface area (Å²) in [5.41, 5.74) is 1.99. The summed E-state index contributed by atoms with van der Waals surface area (Å²) >= 11 is 6.37. The second-order valence-corrected chi connectivity index (χ2v) is 7.02. The van der Waals surface area contributed by atoms with Crippen molar-refractivity contribution in [1.82, 2.24) is 19.6 Å². The van der Waals surface area contributed by atoms with Gasteiger partial charge in [0.1, 0.15) is 5.15 Å². The van der Waals surface area contributed by atoms with Crippen molar-refractivity contribution in [2.24, 2.45) is 13.0 Å². The zero-order chi connectivity index (χ0) is 19.3. The summed E-state index contributed by atoms with van der Waals surface area (Å²) in [6.45, 7) is 6.21. The van der Waals surface area contributed by atoms with Crippen LogP contribution in [-0.4, -0.2) is 87.7 Å². The van der Waals surface area contributed by atoms with Crippen LogP contribution in [0.5, 0.6) is 0 Å². The lowest BCUT2D eigenvalue weighted by atomic mass is 10.1. The summed E-state index contributed by atoms with van der Waals surface area (Å²) in [5.74, 6) is -0.457. The average Bonchev–Trinajstić information content (AvgIpc) is 2.71. The third-order valence-corrected chi connectivity index (χ3v) is 5.12. The Morgan fingerprint density at radius 2 is 2.08 bits per heavy atom. The Morgan fingerprint density at radius 3 is 2.65 bits per heavy atom. The van der Waals surface area contributed by atoms with E-state index in [-0.39, 0.29) is 19.1 Å². The van der Waals surface area contributed by atoms with E-state index in [0.29, 0.717) is 30.8 Å².